The number of aromatic nitrogens is 3. The smallest absolute Gasteiger partial charge is 0.318 e. The van der Waals surface area contributed by atoms with E-state index in [0.29, 0.717) is 24.5 Å². The quantitative estimate of drug-likeness (QED) is 0.751. The molecule has 1 N–H and O–H groups in total. The van der Waals surface area contributed by atoms with Crippen LogP contribution in [0.2, 0.25) is 0 Å². The van der Waals surface area contributed by atoms with Gasteiger partial charge in [0.1, 0.15) is 5.01 Å². The van der Waals surface area contributed by atoms with Crippen molar-refractivity contribution in [3.8, 4) is 0 Å². The van der Waals surface area contributed by atoms with Crippen LogP contribution in [0.5, 0.6) is 0 Å². The van der Waals surface area contributed by atoms with Gasteiger partial charge in [0.15, 0.2) is 0 Å². The minimum atomic E-state index is -0.169. The first kappa shape index (κ1) is 17.7. The van der Waals surface area contributed by atoms with Crippen LogP contribution in [0.25, 0.3) is 4.96 Å². The molecule has 2 amide bonds. The summed E-state index contributed by atoms with van der Waals surface area (Å²) in [5.74, 6) is 0. The van der Waals surface area contributed by atoms with E-state index in [4.69, 9.17) is 0 Å². The van der Waals surface area contributed by atoms with E-state index in [2.05, 4.69) is 15.4 Å². The molecule has 3 heterocycles. The van der Waals surface area contributed by atoms with Gasteiger partial charge in [-0.25, -0.2) is 9.78 Å². The van der Waals surface area contributed by atoms with Crippen LogP contribution < -0.4 is 10.9 Å². The first-order chi connectivity index (χ1) is 13.2. The summed E-state index contributed by atoms with van der Waals surface area (Å²) in [6, 6.07) is 11.1. The Bertz CT molecular complexity index is 1010. The lowest BCUT2D eigenvalue weighted by molar-refractivity contribution is 0.192. The Kier molecular flexibility index (Phi) is 4.89. The van der Waals surface area contributed by atoms with Crippen molar-refractivity contribution in [2.24, 2.45) is 0 Å². The zero-order valence-corrected chi connectivity index (χ0v) is 15.9. The van der Waals surface area contributed by atoms with Crippen molar-refractivity contribution in [1.29, 1.82) is 0 Å². The van der Waals surface area contributed by atoms with Crippen LogP contribution in [0.1, 0.15) is 42.1 Å². The van der Waals surface area contributed by atoms with E-state index in [1.807, 2.05) is 42.2 Å². The lowest BCUT2D eigenvalue weighted by Crippen LogP contribution is -2.39. The van der Waals surface area contributed by atoms with Gasteiger partial charge in [0.25, 0.3) is 5.56 Å². The largest absolute Gasteiger partial charge is 0.334 e. The Morgan fingerprint density at radius 3 is 2.93 bits per heavy atom. The highest BCUT2D eigenvalue weighted by molar-refractivity contribution is 7.16. The van der Waals surface area contributed by atoms with Gasteiger partial charge in [-0.05, 0) is 24.8 Å². The molecule has 1 aliphatic heterocycles. The standard InChI is InChI=1S/C19H21N5O2S/c1-2-14-11-16(25)24-19(21-14)27-17(22-24)15-9-6-10-23(15)18(26)20-12-13-7-4-3-5-8-13/h3-5,7-8,11,15H,2,6,9-10,12H2,1H3,(H,20,26). The number of benzene rings is 1. The van der Waals surface area contributed by atoms with Crippen molar-refractivity contribution >= 4 is 22.3 Å². The molecule has 1 saturated heterocycles. The van der Waals surface area contributed by atoms with Crippen LogP contribution in [-0.4, -0.2) is 32.1 Å². The van der Waals surface area contributed by atoms with Crippen molar-refractivity contribution in [1.82, 2.24) is 24.8 Å². The maximum Gasteiger partial charge on any atom is 0.318 e. The zero-order chi connectivity index (χ0) is 18.8. The van der Waals surface area contributed by atoms with Crippen molar-refractivity contribution in [3.63, 3.8) is 0 Å². The molecule has 0 spiro atoms. The third-order valence-electron chi connectivity index (χ3n) is 4.76. The number of hydrogen-bond acceptors (Lipinski definition) is 5. The summed E-state index contributed by atoms with van der Waals surface area (Å²) in [5, 5.41) is 8.21. The number of carbonyl (C=O) groups is 1. The summed E-state index contributed by atoms with van der Waals surface area (Å²) in [4.78, 5) is 31.8. The van der Waals surface area contributed by atoms with Gasteiger partial charge in [-0.15, -0.1) is 0 Å². The van der Waals surface area contributed by atoms with E-state index < -0.39 is 0 Å². The van der Waals surface area contributed by atoms with E-state index in [-0.39, 0.29) is 17.6 Å². The Hall–Kier alpha value is -2.74. The molecule has 0 saturated carbocycles. The molecule has 8 heteroatoms. The maximum atomic E-state index is 12.7. The number of rotatable bonds is 4. The molecule has 1 atom stereocenters. The average molecular weight is 383 g/mol. The summed E-state index contributed by atoms with van der Waals surface area (Å²) in [6.07, 6.45) is 2.46. The fourth-order valence-electron chi connectivity index (χ4n) is 3.33. The van der Waals surface area contributed by atoms with Crippen LogP contribution in [0, 0.1) is 0 Å². The van der Waals surface area contributed by atoms with E-state index >= 15 is 0 Å². The van der Waals surface area contributed by atoms with Gasteiger partial charge in [-0.2, -0.15) is 9.61 Å². The lowest BCUT2D eigenvalue weighted by Gasteiger charge is -2.23. The molecule has 4 rings (SSSR count). The van der Waals surface area contributed by atoms with E-state index in [0.717, 1.165) is 29.1 Å². The van der Waals surface area contributed by atoms with Gasteiger partial charge < -0.3 is 10.2 Å². The first-order valence-electron chi connectivity index (χ1n) is 9.14. The predicted molar refractivity (Wildman–Crippen MR) is 104 cm³/mol. The van der Waals surface area contributed by atoms with Crippen LogP contribution in [-0.2, 0) is 13.0 Å². The van der Waals surface area contributed by atoms with Crippen molar-refractivity contribution < 1.29 is 4.79 Å². The second-order valence-electron chi connectivity index (χ2n) is 6.57. The van der Waals surface area contributed by atoms with E-state index in [1.165, 1.54) is 21.9 Å². The molecule has 0 aliphatic carbocycles. The number of carbonyl (C=O) groups excluding carboxylic acids is 1. The molecule has 0 radical (unpaired) electrons. The number of aryl methyl sites for hydroxylation is 1. The number of nitrogens with zero attached hydrogens (tertiary/aromatic N) is 4. The molecule has 3 aromatic rings. The van der Waals surface area contributed by atoms with Gasteiger partial charge in [0.05, 0.1) is 6.04 Å². The lowest BCUT2D eigenvalue weighted by atomic mass is 10.2. The Morgan fingerprint density at radius 1 is 1.33 bits per heavy atom. The van der Waals surface area contributed by atoms with Gasteiger partial charge in [-0.3, -0.25) is 4.79 Å². The first-order valence-corrected chi connectivity index (χ1v) is 9.95. The molecule has 1 fully saturated rings. The van der Waals surface area contributed by atoms with Crippen LogP contribution in [0.3, 0.4) is 0 Å². The Morgan fingerprint density at radius 2 is 2.15 bits per heavy atom. The number of likely N-dealkylation sites (tertiary alicyclic amines) is 1. The number of fused-ring (bicyclic) bond motifs is 1. The molecule has 2 aromatic heterocycles. The SMILES string of the molecule is CCc1cc(=O)n2nc(C3CCCN3C(=O)NCc3ccccc3)sc2n1. The summed E-state index contributed by atoms with van der Waals surface area (Å²) >= 11 is 1.39. The molecule has 1 aromatic carbocycles. The second-order valence-corrected chi connectivity index (χ2v) is 7.56. The van der Waals surface area contributed by atoms with E-state index in [9.17, 15) is 9.59 Å². The summed E-state index contributed by atoms with van der Waals surface area (Å²) in [6.45, 7) is 3.14. The van der Waals surface area contributed by atoms with E-state index in [1.54, 1.807) is 0 Å². The summed E-state index contributed by atoms with van der Waals surface area (Å²) < 4.78 is 1.34. The number of hydrogen-bond donors (Lipinski definition) is 1. The average Bonchev–Trinajstić information content (AvgIpc) is 3.33. The Balaban J connectivity index is 1.54. The van der Waals surface area contributed by atoms with Crippen LogP contribution in [0.15, 0.2) is 41.2 Å². The highest BCUT2D eigenvalue weighted by Crippen LogP contribution is 2.33. The number of urea groups is 1. The van der Waals surface area contributed by atoms with Crippen molar-refractivity contribution in [3.05, 3.63) is 63.0 Å². The molecule has 0 bridgehead atoms. The topological polar surface area (TPSA) is 79.6 Å². The molecule has 27 heavy (non-hydrogen) atoms. The highest BCUT2D eigenvalue weighted by Gasteiger charge is 2.32. The molecule has 1 unspecified atom stereocenters. The predicted octanol–water partition coefficient (Wildman–Crippen LogP) is 2.76. The number of nitrogens with one attached hydrogen (secondary N) is 1. The van der Waals surface area contributed by atoms with Crippen LogP contribution >= 0.6 is 11.3 Å². The van der Waals surface area contributed by atoms with Crippen molar-refractivity contribution in [2.75, 3.05) is 6.54 Å². The molecular formula is C19H21N5O2S. The van der Waals surface area contributed by atoms with Crippen LogP contribution in [0.4, 0.5) is 4.79 Å². The third-order valence-corrected chi connectivity index (χ3v) is 5.77. The number of amides is 2. The van der Waals surface area contributed by atoms with Gasteiger partial charge in [-0.1, -0.05) is 48.6 Å². The molecule has 1 aliphatic rings. The van der Waals surface area contributed by atoms with Gasteiger partial charge in [0, 0.05) is 24.8 Å². The zero-order valence-electron chi connectivity index (χ0n) is 15.1. The van der Waals surface area contributed by atoms with Gasteiger partial charge >= 0.3 is 6.03 Å². The minimum absolute atomic E-state index is 0.102. The van der Waals surface area contributed by atoms with Crippen molar-refractivity contribution in [2.45, 2.75) is 38.8 Å². The fourth-order valence-corrected chi connectivity index (χ4v) is 4.40. The molecular weight excluding hydrogens is 362 g/mol. The second kappa shape index (κ2) is 7.48. The van der Waals surface area contributed by atoms with Gasteiger partial charge in [0.2, 0.25) is 4.96 Å². The highest BCUT2D eigenvalue weighted by atomic mass is 32.1. The summed E-state index contributed by atoms with van der Waals surface area (Å²) in [5.41, 5.74) is 1.65. The molecule has 7 nitrogen and oxygen atoms in total. The molecule has 140 valence electrons. The third kappa shape index (κ3) is 3.57. The monoisotopic (exact) mass is 383 g/mol. The summed E-state index contributed by atoms with van der Waals surface area (Å²) in [7, 11) is 0. The normalized spacial score (nSPS) is 16.8. The minimum Gasteiger partial charge on any atom is -0.334 e. The maximum absolute atomic E-state index is 12.7. The fraction of sp³-hybridized carbons (Fsp3) is 0.368. The Labute approximate surface area is 160 Å².